The van der Waals surface area contributed by atoms with Crippen LogP contribution in [0, 0.1) is 11.8 Å². The molecule has 164 valence electrons. The maximum absolute atomic E-state index is 6.23. The lowest BCUT2D eigenvalue weighted by atomic mass is 9.68. The normalized spacial score (nSPS) is 18.5. The van der Waals surface area contributed by atoms with Crippen LogP contribution in [-0.4, -0.2) is 12.7 Å². The molecular weight excluding hydrogens is 379 g/mol. The third-order valence-electron chi connectivity index (χ3n) is 7.18. The molecule has 1 aliphatic heterocycles. The van der Waals surface area contributed by atoms with Crippen molar-refractivity contribution in [2.75, 3.05) is 0 Å². The molecule has 0 aromatic heterocycles. The SMILES string of the molecule is C=C1OB(c2ccc3c(c2)C(CCC(C)C)(CCC(C)C)c2ccccc2-3)OC1(C)C. The molecule has 1 aliphatic carbocycles. The van der Waals surface area contributed by atoms with E-state index in [1.54, 1.807) is 0 Å². The number of rotatable bonds is 7. The third kappa shape index (κ3) is 3.98. The average molecular weight is 416 g/mol. The molecule has 1 heterocycles. The Morgan fingerprint density at radius 2 is 1.48 bits per heavy atom. The van der Waals surface area contributed by atoms with Crippen LogP contribution in [0.25, 0.3) is 11.1 Å². The Morgan fingerprint density at radius 1 is 0.871 bits per heavy atom. The second-order valence-corrected chi connectivity index (χ2v) is 10.8. The van der Waals surface area contributed by atoms with Crippen LogP contribution in [0.15, 0.2) is 54.8 Å². The van der Waals surface area contributed by atoms with Crippen LogP contribution < -0.4 is 5.46 Å². The highest BCUT2D eigenvalue weighted by atomic mass is 16.7. The van der Waals surface area contributed by atoms with E-state index < -0.39 is 5.60 Å². The van der Waals surface area contributed by atoms with Crippen molar-refractivity contribution in [2.24, 2.45) is 11.8 Å². The Morgan fingerprint density at radius 3 is 2.06 bits per heavy atom. The van der Waals surface area contributed by atoms with Gasteiger partial charge in [-0.1, -0.05) is 76.7 Å². The van der Waals surface area contributed by atoms with E-state index in [2.05, 4.69) is 76.7 Å². The van der Waals surface area contributed by atoms with Crippen molar-refractivity contribution in [3.05, 3.63) is 65.9 Å². The van der Waals surface area contributed by atoms with E-state index in [0.717, 1.165) is 5.46 Å². The molecule has 2 nitrogen and oxygen atoms in total. The van der Waals surface area contributed by atoms with Gasteiger partial charge in [-0.2, -0.15) is 0 Å². The highest BCUT2D eigenvalue weighted by Gasteiger charge is 2.46. The van der Waals surface area contributed by atoms with Crippen LogP contribution >= 0.6 is 0 Å². The molecule has 3 heteroatoms. The van der Waals surface area contributed by atoms with E-state index in [9.17, 15) is 0 Å². The molecule has 0 saturated carbocycles. The van der Waals surface area contributed by atoms with Crippen LogP contribution in [0.4, 0.5) is 0 Å². The van der Waals surface area contributed by atoms with Crippen molar-refractivity contribution >= 4 is 12.6 Å². The summed E-state index contributed by atoms with van der Waals surface area (Å²) in [6, 6.07) is 15.9. The molecule has 0 radical (unpaired) electrons. The second kappa shape index (κ2) is 8.17. The van der Waals surface area contributed by atoms with E-state index in [1.807, 2.05) is 13.8 Å². The van der Waals surface area contributed by atoms with Gasteiger partial charge in [0, 0.05) is 5.41 Å². The first-order chi connectivity index (χ1) is 14.6. The van der Waals surface area contributed by atoms with Crippen molar-refractivity contribution in [1.82, 2.24) is 0 Å². The summed E-state index contributed by atoms with van der Waals surface area (Å²) in [4.78, 5) is 0. The fourth-order valence-corrected chi connectivity index (χ4v) is 5.12. The largest absolute Gasteiger partial charge is 0.563 e. The molecule has 2 aromatic carbocycles. The summed E-state index contributed by atoms with van der Waals surface area (Å²) in [6.45, 7) is 17.5. The predicted octanol–water partition coefficient (Wildman–Crippen LogP) is 6.86. The van der Waals surface area contributed by atoms with E-state index in [-0.39, 0.29) is 12.5 Å². The highest BCUT2D eigenvalue weighted by molar-refractivity contribution is 6.62. The Labute approximate surface area is 189 Å². The van der Waals surface area contributed by atoms with Crippen LogP contribution in [0.3, 0.4) is 0 Å². The minimum atomic E-state index is -0.459. The number of hydrogen-bond donors (Lipinski definition) is 0. The van der Waals surface area contributed by atoms with Gasteiger partial charge in [0.25, 0.3) is 0 Å². The van der Waals surface area contributed by atoms with Gasteiger partial charge in [0.2, 0.25) is 0 Å². The fraction of sp³-hybridized carbons (Fsp3) is 0.500. The van der Waals surface area contributed by atoms with Crippen molar-refractivity contribution in [3.8, 4) is 11.1 Å². The van der Waals surface area contributed by atoms with Gasteiger partial charge in [0.1, 0.15) is 5.60 Å². The summed E-state index contributed by atoms with van der Waals surface area (Å²) in [5.41, 5.74) is 6.42. The summed E-state index contributed by atoms with van der Waals surface area (Å²) in [7, 11) is -0.385. The van der Waals surface area contributed by atoms with Crippen LogP contribution in [0.1, 0.15) is 78.4 Å². The average Bonchev–Trinajstić information content (AvgIpc) is 3.16. The van der Waals surface area contributed by atoms with Crippen LogP contribution in [0.2, 0.25) is 0 Å². The van der Waals surface area contributed by atoms with Crippen LogP contribution in [0.5, 0.6) is 0 Å². The molecule has 0 unspecified atom stereocenters. The summed E-state index contributed by atoms with van der Waals surface area (Å²) >= 11 is 0. The summed E-state index contributed by atoms with van der Waals surface area (Å²) in [6.07, 6.45) is 4.79. The van der Waals surface area contributed by atoms with Gasteiger partial charge in [0.15, 0.2) is 0 Å². The Kier molecular flexibility index (Phi) is 5.85. The first-order valence-corrected chi connectivity index (χ1v) is 11.9. The minimum Gasteiger partial charge on any atom is -0.534 e. The van der Waals surface area contributed by atoms with Gasteiger partial charge >= 0.3 is 7.12 Å². The van der Waals surface area contributed by atoms with E-state index >= 15 is 0 Å². The van der Waals surface area contributed by atoms with Gasteiger partial charge < -0.3 is 9.31 Å². The summed E-state index contributed by atoms with van der Waals surface area (Å²) < 4.78 is 12.3. The standard InChI is InChI=1S/C28H37BO2/c1-19(2)14-16-28(17-15-20(3)4)25-11-9-8-10-23(25)24-13-12-22(18-26(24)28)29-30-21(5)27(6,7)31-29/h8-13,18-20H,5,14-17H2,1-4,6-7H3. The topological polar surface area (TPSA) is 18.5 Å². The molecule has 2 aliphatic rings. The molecule has 2 aromatic rings. The zero-order valence-corrected chi connectivity index (χ0v) is 20.1. The van der Waals surface area contributed by atoms with E-state index in [1.165, 1.54) is 47.9 Å². The lowest BCUT2D eigenvalue weighted by Crippen LogP contribution is -2.36. The number of hydrogen-bond acceptors (Lipinski definition) is 2. The van der Waals surface area contributed by atoms with Gasteiger partial charge in [-0.3, -0.25) is 0 Å². The summed E-state index contributed by atoms with van der Waals surface area (Å²) in [5, 5.41) is 0. The van der Waals surface area contributed by atoms with Gasteiger partial charge in [-0.05, 0) is 79.1 Å². The van der Waals surface area contributed by atoms with Gasteiger partial charge in [-0.25, -0.2) is 0 Å². The zero-order valence-electron chi connectivity index (χ0n) is 20.1. The number of fused-ring (bicyclic) bond motifs is 3. The second-order valence-electron chi connectivity index (χ2n) is 10.8. The lowest BCUT2D eigenvalue weighted by molar-refractivity contribution is 0.173. The smallest absolute Gasteiger partial charge is 0.534 e. The minimum absolute atomic E-state index is 0.0572. The molecule has 0 amide bonds. The molecule has 0 bridgehead atoms. The first-order valence-electron chi connectivity index (χ1n) is 11.9. The van der Waals surface area contributed by atoms with E-state index in [0.29, 0.717) is 17.6 Å². The quantitative estimate of drug-likeness (QED) is 0.459. The van der Waals surface area contributed by atoms with Crippen molar-refractivity contribution in [1.29, 1.82) is 0 Å². The number of benzene rings is 2. The Balaban J connectivity index is 1.82. The van der Waals surface area contributed by atoms with E-state index in [4.69, 9.17) is 9.31 Å². The lowest BCUT2D eigenvalue weighted by Gasteiger charge is -2.34. The van der Waals surface area contributed by atoms with Crippen molar-refractivity contribution in [2.45, 2.75) is 78.2 Å². The highest BCUT2D eigenvalue weighted by Crippen LogP contribution is 2.54. The Bertz CT molecular complexity index is 961. The zero-order chi connectivity index (χ0) is 22.4. The monoisotopic (exact) mass is 416 g/mol. The first kappa shape index (κ1) is 22.2. The van der Waals surface area contributed by atoms with Crippen LogP contribution in [-0.2, 0) is 14.7 Å². The maximum Gasteiger partial charge on any atom is 0.563 e. The molecule has 0 spiro atoms. The van der Waals surface area contributed by atoms with Gasteiger partial charge in [0.05, 0.1) is 5.76 Å². The molecule has 31 heavy (non-hydrogen) atoms. The molecule has 4 rings (SSSR count). The molecule has 0 N–H and O–H groups in total. The molecular formula is C28H37BO2. The fourth-order valence-electron chi connectivity index (χ4n) is 5.12. The predicted molar refractivity (Wildman–Crippen MR) is 132 cm³/mol. The molecule has 1 saturated heterocycles. The third-order valence-corrected chi connectivity index (χ3v) is 7.18. The Hall–Kier alpha value is -2.00. The van der Waals surface area contributed by atoms with Gasteiger partial charge in [-0.15, -0.1) is 0 Å². The van der Waals surface area contributed by atoms with Crippen molar-refractivity contribution < 1.29 is 9.31 Å². The van der Waals surface area contributed by atoms with Crippen molar-refractivity contribution in [3.63, 3.8) is 0 Å². The molecule has 1 fully saturated rings. The molecule has 0 atom stereocenters. The maximum atomic E-state index is 6.23. The summed E-state index contributed by atoms with van der Waals surface area (Å²) in [5.74, 6) is 2.06.